The molecule has 0 aliphatic carbocycles. The van der Waals surface area contributed by atoms with Crippen molar-refractivity contribution in [2.24, 2.45) is 5.92 Å². The van der Waals surface area contributed by atoms with Gasteiger partial charge in [0.15, 0.2) is 5.60 Å². The molecule has 2 bridgehead atoms. The predicted molar refractivity (Wildman–Crippen MR) is 93.8 cm³/mol. The lowest BCUT2D eigenvalue weighted by Gasteiger charge is -2.44. The molecule has 1 aromatic carbocycles. The zero-order valence-electron chi connectivity index (χ0n) is 14.7. The predicted octanol–water partition coefficient (Wildman–Crippen LogP) is 3.04. The summed E-state index contributed by atoms with van der Waals surface area (Å²) in [4.78, 5) is 15.2. The van der Waals surface area contributed by atoms with Crippen molar-refractivity contribution in [2.75, 3.05) is 26.3 Å². The zero-order chi connectivity index (χ0) is 17.7. The summed E-state index contributed by atoms with van der Waals surface area (Å²) in [5, 5.41) is 11.2. The molecule has 25 heavy (non-hydrogen) atoms. The number of esters is 1. The zero-order valence-corrected chi connectivity index (χ0v) is 14.7. The van der Waals surface area contributed by atoms with Crippen LogP contribution < -0.4 is 0 Å². The summed E-state index contributed by atoms with van der Waals surface area (Å²) in [5.41, 5.74) is -1.09. The number of unbranched alkanes of at least 4 members (excludes halogenated alkanes) is 2. The van der Waals surface area contributed by atoms with E-state index < -0.39 is 11.6 Å². The Morgan fingerprint density at radius 3 is 2.52 bits per heavy atom. The van der Waals surface area contributed by atoms with Crippen LogP contribution in [0.25, 0.3) is 0 Å². The molecular weight excluding hydrogens is 321 g/mol. The average molecular weight is 349 g/mol. The van der Waals surface area contributed by atoms with E-state index in [2.05, 4.69) is 4.90 Å². The van der Waals surface area contributed by atoms with Crippen molar-refractivity contribution < 1.29 is 19.0 Å². The molecule has 0 radical (unpaired) electrons. The summed E-state index contributed by atoms with van der Waals surface area (Å²) in [6.45, 7) is 2.55. The van der Waals surface area contributed by atoms with Gasteiger partial charge in [0, 0.05) is 6.54 Å². The Morgan fingerprint density at radius 2 is 1.92 bits per heavy atom. The van der Waals surface area contributed by atoms with Gasteiger partial charge in [-0.1, -0.05) is 36.8 Å². The van der Waals surface area contributed by atoms with Crippen molar-refractivity contribution in [3.05, 3.63) is 35.9 Å². The maximum absolute atomic E-state index is 12.9. The van der Waals surface area contributed by atoms with Crippen molar-refractivity contribution in [2.45, 2.75) is 50.2 Å². The van der Waals surface area contributed by atoms with E-state index in [0.29, 0.717) is 30.7 Å². The molecule has 2 unspecified atom stereocenters. The highest BCUT2D eigenvalue weighted by molar-refractivity contribution is 5.81. The van der Waals surface area contributed by atoms with Crippen LogP contribution in [-0.4, -0.2) is 48.4 Å². The fraction of sp³-hybridized carbons (Fsp3) is 0.650. The third-order valence-electron chi connectivity index (χ3n) is 5.62. The lowest BCUT2D eigenvalue weighted by atomic mass is 9.85. The number of rotatable bonds is 8. The number of carbonyl (C=O) groups is 1. The van der Waals surface area contributed by atoms with E-state index in [4.69, 9.17) is 4.74 Å². The third kappa shape index (κ3) is 4.21. The van der Waals surface area contributed by atoms with Crippen LogP contribution in [-0.2, 0) is 15.1 Å². The van der Waals surface area contributed by atoms with E-state index in [9.17, 15) is 14.3 Å². The van der Waals surface area contributed by atoms with Crippen LogP contribution in [0.15, 0.2) is 30.3 Å². The van der Waals surface area contributed by atoms with Crippen molar-refractivity contribution in [3.8, 4) is 0 Å². The second-order valence-electron chi connectivity index (χ2n) is 7.31. The van der Waals surface area contributed by atoms with E-state index in [0.717, 1.165) is 32.5 Å². The van der Waals surface area contributed by atoms with Gasteiger partial charge >= 0.3 is 5.97 Å². The minimum Gasteiger partial charge on any atom is -0.458 e. The van der Waals surface area contributed by atoms with Crippen LogP contribution >= 0.6 is 0 Å². The minimum atomic E-state index is -1.65. The van der Waals surface area contributed by atoms with Crippen LogP contribution in [0.3, 0.4) is 0 Å². The molecule has 0 amide bonds. The lowest BCUT2D eigenvalue weighted by molar-refractivity contribution is -0.182. The summed E-state index contributed by atoms with van der Waals surface area (Å²) in [7, 11) is 0. The number of carbonyl (C=O) groups excluding carboxylic acids is 1. The van der Waals surface area contributed by atoms with Gasteiger partial charge in [-0.05, 0) is 56.7 Å². The largest absolute Gasteiger partial charge is 0.458 e. The van der Waals surface area contributed by atoms with Gasteiger partial charge in [0.1, 0.15) is 6.10 Å². The second-order valence-corrected chi connectivity index (χ2v) is 7.31. The number of hydrogen-bond donors (Lipinski definition) is 1. The molecule has 138 valence electrons. The normalized spacial score (nSPS) is 27.7. The number of fused-ring (bicyclic) bond motifs is 3. The maximum Gasteiger partial charge on any atom is 0.343 e. The van der Waals surface area contributed by atoms with Crippen LogP contribution in [0.4, 0.5) is 4.39 Å². The molecule has 0 aromatic heterocycles. The standard InChI is InChI=1S/C20H28FNO3/c21-12-6-2-5-11-20(24,17-7-3-1-4-8-17)19(23)25-18-15-22-13-9-16(18)10-14-22/h1,3-4,7-8,16,18,24H,2,5-6,9-15H2. The maximum atomic E-state index is 12.9. The average Bonchev–Trinajstić information content (AvgIpc) is 2.66. The number of benzene rings is 1. The van der Waals surface area contributed by atoms with E-state index in [1.807, 2.05) is 18.2 Å². The van der Waals surface area contributed by atoms with Crippen molar-refractivity contribution in [3.63, 3.8) is 0 Å². The number of hydrogen-bond acceptors (Lipinski definition) is 4. The number of piperidine rings is 3. The lowest BCUT2D eigenvalue weighted by Crippen LogP contribution is -2.53. The van der Waals surface area contributed by atoms with Crippen molar-refractivity contribution >= 4 is 5.97 Å². The number of alkyl halides is 1. The Labute approximate surface area is 149 Å². The summed E-state index contributed by atoms with van der Waals surface area (Å²) >= 11 is 0. The Kier molecular flexibility index (Phi) is 6.07. The van der Waals surface area contributed by atoms with Gasteiger partial charge in [0.05, 0.1) is 6.67 Å². The van der Waals surface area contributed by atoms with Crippen LogP contribution in [0, 0.1) is 5.92 Å². The van der Waals surface area contributed by atoms with Gasteiger partial charge in [0.25, 0.3) is 0 Å². The monoisotopic (exact) mass is 349 g/mol. The molecule has 0 spiro atoms. The third-order valence-corrected chi connectivity index (χ3v) is 5.62. The topological polar surface area (TPSA) is 49.8 Å². The first-order valence-corrected chi connectivity index (χ1v) is 9.41. The molecule has 0 saturated carbocycles. The van der Waals surface area contributed by atoms with Gasteiger partial charge in [-0.3, -0.25) is 9.29 Å². The van der Waals surface area contributed by atoms with E-state index in [1.165, 1.54) is 0 Å². The molecule has 1 aromatic rings. The smallest absolute Gasteiger partial charge is 0.343 e. The molecule has 2 atom stereocenters. The highest BCUT2D eigenvalue weighted by Crippen LogP contribution is 2.34. The molecule has 3 heterocycles. The number of aliphatic hydroxyl groups is 1. The van der Waals surface area contributed by atoms with E-state index in [1.54, 1.807) is 12.1 Å². The van der Waals surface area contributed by atoms with E-state index >= 15 is 0 Å². The first kappa shape index (κ1) is 18.3. The van der Waals surface area contributed by atoms with Crippen LogP contribution in [0.5, 0.6) is 0 Å². The van der Waals surface area contributed by atoms with Crippen LogP contribution in [0.2, 0.25) is 0 Å². The van der Waals surface area contributed by atoms with Gasteiger partial charge in [-0.15, -0.1) is 0 Å². The Balaban J connectivity index is 1.70. The minimum absolute atomic E-state index is 0.129. The van der Waals surface area contributed by atoms with Gasteiger partial charge in [-0.25, -0.2) is 4.79 Å². The molecular formula is C20H28FNO3. The van der Waals surface area contributed by atoms with Gasteiger partial charge in [0.2, 0.25) is 0 Å². The quantitative estimate of drug-likeness (QED) is 0.579. The Hall–Kier alpha value is -1.46. The summed E-state index contributed by atoms with van der Waals surface area (Å²) < 4.78 is 18.1. The first-order chi connectivity index (χ1) is 12.1. The summed E-state index contributed by atoms with van der Waals surface area (Å²) in [6, 6.07) is 8.98. The first-order valence-electron chi connectivity index (χ1n) is 9.41. The SMILES string of the molecule is O=C(OC1CN2CCC1CC2)C(O)(CCCCCF)c1ccccc1. The van der Waals surface area contributed by atoms with Crippen molar-refractivity contribution in [1.82, 2.24) is 4.90 Å². The van der Waals surface area contributed by atoms with Gasteiger partial charge in [-0.2, -0.15) is 0 Å². The Morgan fingerprint density at radius 1 is 1.20 bits per heavy atom. The molecule has 3 saturated heterocycles. The number of nitrogens with zero attached hydrogens (tertiary/aromatic N) is 1. The molecule has 1 N–H and O–H groups in total. The molecule has 3 aliphatic rings. The molecule has 3 fully saturated rings. The Bertz CT molecular complexity index is 559. The fourth-order valence-electron chi connectivity index (χ4n) is 4.01. The van der Waals surface area contributed by atoms with Crippen LogP contribution in [0.1, 0.15) is 44.1 Å². The highest BCUT2D eigenvalue weighted by atomic mass is 19.1. The molecule has 3 aliphatic heterocycles. The summed E-state index contributed by atoms with van der Waals surface area (Å²) in [6.07, 6.45) is 3.94. The number of halogens is 1. The molecule has 4 rings (SSSR count). The highest BCUT2D eigenvalue weighted by Gasteiger charge is 2.43. The molecule has 4 nitrogen and oxygen atoms in total. The van der Waals surface area contributed by atoms with Gasteiger partial charge < -0.3 is 9.84 Å². The fourth-order valence-corrected chi connectivity index (χ4v) is 4.01. The number of ether oxygens (including phenoxy) is 1. The van der Waals surface area contributed by atoms with E-state index in [-0.39, 0.29) is 19.2 Å². The summed E-state index contributed by atoms with van der Waals surface area (Å²) in [5.74, 6) is -0.154. The second kappa shape index (κ2) is 8.28. The van der Waals surface area contributed by atoms with Crippen molar-refractivity contribution in [1.29, 1.82) is 0 Å². The molecule has 5 heteroatoms.